The third kappa shape index (κ3) is 2.60. The van der Waals surface area contributed by atoms with Gasteiger partial charge in [0.1, 0.15) is 5.82 Å². The predicted molar refractivity (Wildman–Crippen MR) is 70.7 cm³/mol. The predicted octanol–water partition coefficient (Wildman–Crippen LogP) is 3.49. The van der Waals surface area contributed by atoms with Gasteiger partial charge in [0, 0.05) is 6.20 Å². The molecule has 0 aliphatic carbocycles. The van der Waals surface area contributed by atoms with E-state index in [0.29, 0.717) is 10.8 Å². The molecule has 4 nitrogen and oxygen atoms in total. The molecule has 0 amide bonds. The highest BCUT2D eigenvalue weighted by Gasteiger charge is 2.06. The van der Waals surface area contributed by atoms with Gasteiger partial charge in [0.15, 0.2) is 0 Å². The first kappa shape index (κ1) is 12.4. The number of aryl methyl sites for hydroxylation is 1. The van der Waals surface area contributed by atoms with Gasteiger partial charge in [-0.2, -0.15) is 0 Å². The molecule has 2 rings (SSSR count). The molecule has 0 fully saturated rings. The highest BCUT2D eigenvalue weighted by molar-refractivity contribution is 6.33. The van der Waals surface area contributed by atoms with Crippen LogP contribution in [-0.2, 0) is 0 Å². The summed E-state index contributed by atoms with van der Waals surface area (Å²) in [4.78, 5) is 14.7. The molecular weight excluding hydrogens is 252 g/mol. The first-order chi connectivity index (χ1) is 8.58. The van der Waals surface area contributed by atoms with E-state index in [-0.39, 0.29) is 5.56 Å². The number of hydrogen-bond donors (Lipinski definition) is 2. The van der Waals surface area contributed by atoms with E-state index in [2.05, 4.69) is 10.3 Å². The lowest BCUT2D eigenvalue weighted by molar-refractivity contribution is 0.0696. The second kappa shape index (κ2) is 5.06. The molecule has 18 heavy (non-hydrogen) atoms. The Morgan fingerprint density at radius 2 is 2.11 bits per heavy atom. The number of carboxylic acids is 1. The molecule has 0 unspecified atom stereocenters. The highest BCUT2D eigenvalue weighted by Crippen LogP contribution is 2.27. The van der Waals surface area contributed by atoms with Crippen LogP contribution in [0.3, 0.4) is 0 Å². The maximum Gasteiger partial charge on any atom is 0.337 e. The fourth-order valence-corrected chi connectivity index (χ4v) is 1.78. The Morgan fingerprint density at radius 3 is 2.67 bits per heavy atom. The first-order valence-corrected chi connectivity index (χ1v) is 5.67. The number of pyridine rings is 1. The summed E-state index contributed by atoms with van der Waals surface area (Å²) in [5.74, 6) is -0.445. The molecule has 92 valence electrons. The zero-order chi connectivity index (χ0) is 13.1. The number of benzene rings is 1. The Bertz CT molecular complexity index is 562. The number of para-hydroxylation sites is 1. The van der Waals surface area contributed by atoms with Gasteiger partial charge in [0.25, 0.3) is 0 Å². The number of anilines is 2. The summed E-state index contributed by atoms with van der Waals surface area (Å²) in [5, 5.41) is 12.4. The zero-order valence-electron chi connectivity index (χ0n) is 9.64. The Balaban J connectivity index is 2.26. The normalized spacial score (nSPS) is 10.1. The minimum Gasteiger partial charge on any atom is -0.478 e. The van der Waals surface area contributed by atoms with E-state index < -0.39 is 5.97 Å². The summed E-state index contributed by atoms with van der Waals surface area (Å²) in [6.07, 6.45) is 1.30. The summed E-state index contributed by atoms with van der Waals surface area (Å²) >= 11 is 6.08. The van der Waals surface area contributed by atoms with E-state index in [1.807, 2.05) is 19.1 Å². The molecule has 2 N–H and O–H groups in total. The van der Waals surface area contributed by atoms with Gasteiger partial charge < -0.3 is 10.4 Å². The van der Waals surface area contributed by atoms with Gasteiger partial charge in [-0.15, -0.1) is 0 Å². The van der Waals surface area contributed by atoms with Crippen molar-refractivity contribution in [1.82, 2.24) is 4.98 Å². The van der Waals surface area contributed by atoms with Gasteiger partial charge in [0.2, 0.25) is 0 Å². The molecule has 0 atom stereocenters. The summed E-state index contributed by atoms with van der Waals surface area (Å²) in [7, 11) is 0. The molecule has 2 aromatic rings. The van der Waals surface area contributed by atoms with Gasteiger partial charge in [-0.25, -0.2) is 9.78 Å². The van der Waals surface area contributed by atoms with Crippen molar-refractivity contribution in [3.8, 4) is 0 Å². The van der Waals surface area contributed by atoms with Crippen molar-refractivity contribution in [2.24, 2.45) is 0 Å². The Labute approximate surface area is 109 Å². The van der Waals surface area contributed by atoms with Crippen LogP contribution in [0.4, 0.5) is 11.5 Å². The number of hydrogen-bond acceptors (Lipinski definition) is 3. The quantitative estimate of drug-likeness (QED) is 0.889. The van der Waals surface area contributed by atoms with Crippen LogP contribution in [0, 0.1) is 6.92 Å². The Kier molecular flexibility index (Phi) is 3.48. The molecule has 1 aromatic carbocycles. The van der Waals surface area contributed by atoms with E-state index in [9.17, 15) is 4.79 Å². The maximum absolute atomic E-state index is 10.7. The molecule has 0 aliphatic rings. The maximum atomic E-state index is 10.7. The molecule has 0 saturated heterocycles. The lowest BCUT2D eigenvalue weighted by Gasteiger charge is -2.10. The number of carboxylic acid groups (broad SMARTS) is 1. The van der Waals surface area contributed by atoms with Crippen molar-refractivity contribution in [2.45, 2.75) is 6.92 Å². The van der Waals surface area contributed by atoms with Crippen LogP contribution >= 0.6 is 11.6 Å². The number of carbonyl (C=O) groups is 1. The molecular formula is C13H11ClN2O2. The van der Waals surface area contributed by atoms with Crippen LogP contribution in [0.2, 0.25) is 5.02 Å². The van der Waals surface area contributed by atoms with E-state index in [0.717, 1.165) is 11.3 Å². The van der Waals surface area contributed by atoms with Crippen LogP contribution in [0.15, 0.2) is 36.5 Å². The largest absolute Gasteiger partial charge is 0.478 e. The van der Waals surface area contributed by atoms with Gasteiger partial charge in [-0.3, -0.25) is 0 Å². The lowest BCUT2D eigenvalue weighted by Crippen LogP contribution is -2.00. The van der Waals surface area contributed by atoms with Gasteiger partial charge in [0.05, 0.1) is 16.3 Å². The second-order valence-corrected chi connectivity index (χ2v) is 4.20. The molecule has 0 radical (unpaired) electrons. The number of aromatic carboxylic acids is 1. The van der Waals surface area contributed by atoms with Gasteiger partial charge >= 0.3 is 5.97 Å². The molecule has 0 saturated carbocycles. The molecule has 0 spiro atoms. The summed E-state index contributed by atoms with van der Waals surface area (Å²) in [5.41, 5.74) is 1.91. The molecule has 1 aromatic heterocycles. The minimum atomic E-state index is -0.997. The number of aromatic nitrogens is 1. The Morgan fingerprint density at radius 1 is 1.33 bits per heavy atom. The summed E-state index contributed by atoms with van der Waals surface area (Å²) < 4.78 is 0. The van der Waals surface area contributed by atoms with Crippen molar-refractivity contribution >= 4 is 29.1 Å². The smallest absolute Gasteiger partial charge is 0.337 e. The third-order valence-corrected chi connectivity index (χ3v) is 2.80. The lowest BCUT2D eigenvalue weighted by atomic mass is 10.2. The van der Waals surface area contributed by atoms with E-state index >= 15 is 0 Å². The van der Waals surface area contributed by atoms with Crippen LogP contribution in [0.25, 0.3) is 0 Å². The highest BCUT2D eigenvalue weighted by atomic mass is 35.5. The van der Waals surface area contributed by atoms with Gasteiger partial charge in [-0.1, -0.05) is 23.7 Å². The number of halogens is 1. The fraction of sp³-hybridized carbons (Fsp3) is 0.0769. The van der Waals surface area contributed by atoms with E-state index in [4.69, 9.17) is 16.7 Å². The van der Waals surface area contributed by atoms with E-state index in [1.54, 1.807) is 12.1 Å². The second-order valence-electron chi connectivity index (χ2n) is 3.79. The van der Waals surface area contributed by atoms with Crippen molar-refractivity contribution in [3.63, 3.8) is 0 Å². The molecule has 0 bridgehead atoms. The van der Waals surface area contributed by atoms with Crippen LogP contribution in [-0.4, -0.2) is 16.1 Å². The van der Waals surface area contributed by atoms with Crippen LogP contribution in [0.5, 0.6) is 0 Å². The monoisotopic (exact) mass is 262 g/mol. The van der Waals surface area contributed by atoms with E-state index in [1.165, 1.54) is 12.3 Å². The van der Waals surface area contributed by atoms with Crippen molar-refractivity contribution in [1.29, 1.82) is 0 Å². The molecule has 0 aliphatic heterocycles. The first-order valence-electron chi connectivity index (χ1n) is 5.29. The van der Waals surface area contributed by atoms with Crippen LogP contribution in [0.1, 0.15) is 15.9 Å². The van der Waals surface area contributed by atoms with Crippen molar-refractivity contribution in [2.75, 3.05) is 5.32 Å². The number of nitrogens with zero attached hydrogens (tertiary/aromatic N) is 1. The summed E-state index contributed by atoms with van der Waals surface area (Å²) in [6.45, 7) is 1.93. The average molecular weight is 263 g/mol. The van der Waals surface area contributed by atoms with Crippen molar-refractivity contribution < 1.29 is 9.90 Å². The summed E-state index contributed by atoms with van der Waals surface area (Å²) in [6, 6.07) is 8.67. The van der Waals surface area contributed by atoms with Crippen LogP contribution < -0.4 is 5.32 Å². The standard InChI is InChI=1S/C13H11ClN2O2/c1-8-3-2-4-10(14)12(8)16-11-6-5-9(7-15-11)13(17)18/h2-7H,1H3,(H,15,16)(H,17,18). The topological polar surface area (TPSA) is 62.2 Å². The number of nitrogens with one attached hydrogen (secondary N) is 1. The SMILES string of the molecule is Cc1cccc(Cl)c1Nc1ccc(C(=O)O)cn1. The average Bonchev–Trinajstić information content (AvgIpc) is 2.34. The number of rotatable bonds is 3. The molecule has 1 heterocycles. The fourth-order valence-electron chi connectivity index (χ4n) is 1.51. The molecule has 5 heteroatoms. The third-order valence-electron chi connectivity index (χ3n) is 2.49. The van der Waals surface area contributed by atoms with Gasteiger partial charge in [-0.05, 0) is 30.7 Å². The Hall–Kier alpha value is -2.07. The zero-order valence-corrected chi connectivity index (χ0v) is 10.4. The minimum absolute atomic E-state index is 0.149. The van der Waals surface area contributed by atoms with Crippen molar-refractivity contribution in [3.05, 3.63) is 52.7 Å².